The van der Waals surface area contributed by atoms with Gasteiger partial charge in [-0.15, -0.1) is 0 Å². The molecule has 166 valence electrons. The third kappa shape index (κ3) is 4.25. The molecule has 0 spiro atoms. The lowest BCUT2D eigenvalue weighted by molar-refractivity contribution is -0.179. The molecule has 2 aliphatic heterocycles. The van der Waals surface area contributed by atoms with Crippen LogP contribution in [0.4, 0.5) is 4.39 Å². The molecule has 13 heteroatoms. The van der Waals surface area contributed by atoms with Crippen LogP contribution in [-0.2, 0) is 25.0 Å². The number of halogens is 1. The SMILES string of the molecule is Cc1ccc2c(c1)COP(=O)(OC[C@]1(F)C[C@@H](O)[C@H](n3cc(C=O)c(=O)[nH]c3=O)O1)O2. The van der Waals surface area contributed by atoms with Crippen LogP contribution in [0.2, 0.25) is 0 Å². The zero-order chi connectivity index (χ0) is 22.4. The van der Waals surface area contributed by atoms with Crippen molar-refractivity contribution in [1.82, 2.24) is 9.55 Å². The van der Waals surface area contributed by atoms with Crippen molar-refractivity contribution >= 4 is 14.1 Å². The number of rotatable bonds is 5. The summed E-state index contributed by atoms with van der Waals surface area (Å²) in [7, 11) is -4.16. The van der Waals surface area contributed by atoms with Crippen LogP contribution in [0.1, 0.15) is 34.1 Å². The lowest BCUT2D eigenvalue weighted by atomic mass is 10.1. The molecule has 31 heavy (non-hydrogen) atoms. The molecule has 2 aliphatic rings. The van der Waals surface area contributed by atoms with Crippen molar-refractivity contribution in [2.75, 3.05) is 6.61 Å². The lowest BCUT2D eigenvalue weighted by Crippen LogP contribution is -2.37. The molecule has 0 bridgehead atoms. The molecule has 1 aromatic heterocycles. The van der Waals surface area contributed by atoms with Gasteiger partial charge in [0.15, 0.2) is 12.5 Å². The van der Waals surface area contributed by atoms with Gasteiger partial charge in [0.2, 0.25) is 5.85 Å². The van der Waals surface area contributed by atoms with E-state index in [1.807, 2.05) is 11.9 Å². The predicted octanol–water partition coefficient (Wildman–Crippen LogP) is 1.34. The van der Waals surface area contributed by atoms with Crippen molar-refractivity contribution in [3.8, 4) is 5.75 Å². The highest BCUT2D eigenvalue weighted by atomic mass is 31.2. The van der Waals surface area contributed by atoms with Crippen LogP contribution in [-0.4, -0.2) is 39.5 Å². The highest BCUT2D eigenvalue weighted by Gasteiger charge is 2.50. The first kappa shape index (κ1) is 21.6. The second-order valence-electron chi connectivity index (χ2n) is 7.23. The second-order valence-corrected chi connectivity index (χ2v) is 8.82. The van der Waals surface area contributed by atoms with Gasteiger partial charge in [0.1, 0.15) is 18.5 Å². The summed E-state index contributed by atoms with van der Waals surface area (Å²) < 4.78 is 49.2. The van der Waals surface area contributed by atoms with Gasteiger partial charge in [-0.25, -0.2) is 13.8 Å². The Bertz CT molecular complexity index is 1200. The van der Waals surface area contributed by atoms with Crippen molar-refractivity contribution in [3.05, 3.63) is 61.9 Å². The number of aryl methyl sites for hydroxylation is 1. The van der Waals surface area contributed by atoms with Gasteiger partial charge in [-0.3, -0.25) is 28.2 Å². The molecule has 2 N–H and O–H groups in total. The summed E-state index contributed by atoms with van der Waals surface area (Å²) in [6.07, 6.45) is -2.69. The minimum Gasteiger partial charge on any atom is -0.404 e. The summed E-state index contributed by atoms with van der Waals surface area (Å²) in [6.45, 7) is 0.862. The molecular formula is C18H18FN2O9P. The minimum atomic E-state index is -4.16. The number of aromatic nitrogens is 2. The van der Waals surface area contributed by atoms with Gasteiger partial charge < -0.3 is 14.4 Å². The lowest BCUT2D eigenvalue weighted by Gasteiger charge is -2.27. The maximum Gasteiger partial charge on any atom is 0.530 e. The number of nitrogens with one attached hydrogen (secondary N) is 1. The Labute approximate surface area is 173 Å². The standard InChI is InChI=1S/C18H18FN2O9P/c1-10-2-3-14-11(4-10)8-27-31(26,30-14)28-9-18(19)5-13(23)16(29-18)21-6-12(7-22)15(24)20-17(21)25/h2-4,6-7,13,16,23H,5,8-9H2,1H3,(H,20,24,25)/t13-,16-,18+,31?/m1/s1. The Morgan fingerprint density at radius 3 is 2.97 bits per heavy atom. The van der Waals surface area contributed by atoms with Crippen LogP contribution in [0, 0.1) is 6.92 Å². The number of alkyl halides is 1. The first-order chi connectivity index (χ1) is 14.6. The molecule has 1 aromatic carbocycles. The van der Waals surface area contributed by atoms with Gasteiger partial charge in [0, 0.05) is 18.2 Å². The van der Waals surface area contributed by atoms with Gasteiger partial charge in [-0.1, -0.05) is 17.7 Å². The van der Waals surface area contributed by atoms with E-state index in [9.17, 15) is 24.1 Å². The molecule has 4 atom stereocenters. The van der Waals surface area contributed by atoms with E-state index in [4.69, 9.17) is 18.3 Å². The van der Waals surface area contributed by atoms with E-state index in [0.717, 1.165) is 11.8 Å². The average Bonchev–Trinajstić information content (AvgIpc) is 3.02. The summed E-state index contributed by atoms with van der Waals surface area (Å²) in [5.74, 6) is -2.38. The number of carbonyl (C=O) groups is 1. The highest BCUT2D eigenvalue weighted by molar-refractivity contribution is 7.49. The maximum absolute atomic E-state index is 15.2. The van der Waals surface area contributed by atoms with Crippen LogP contribution in [0.15, 0.2) is 34.0 Å². The fourth-order valence-corrected chi connectivity index (χ4v) is 4.56. The number of ether oxygens (including phenoxy) is 1. The molecule has 1 saturated heterocycles. The summed E-state index contributed by atoms with van der Waals surface area (Å²) >= 11 is 0. The summed E-state index contributed by atoms with van der Waals surface area (Å²) in [6, 6.07) is 5.11. The number of aromatic amines is 1. The first-order valence-electron chi connectivity index (χ1n) is 9.15. The van der Waals surface area contributed by atoms with Gasteiger partial charge in [-0.2, -0.15) is 0 Å². The number of hydrogen-bond donors (Lipinski definition) is 2. The quantitative estimate of drug-likeness (QED) is 0.503. The highest BCUT2D eigenvalue weighted by Crippen LogP contribution is 2.55. The summed E-state index contributed by atoms with van der Waals surface area (Å²) in [5, 5.41) is 10.2. The van der Waals surface area contributed by atoms with E-state index < -0.39 is 55.8 Å². The summed E-state index contributed by atoms with van der Waals surface area (Å²) in [4.78, 5) is 36.3. The molecule has 4 rings (SSSR count). The predicted molar refractivity (Wildman–Crippen MR) is 101 cm³/mol. The van der Waals surface area contributed by atoms with E-state index in [2.05, 4.69) is 0 Å². The van der Waals surface area contributed by atoms with Gasteiger partial charge in [0.05, 0.1) is 12.2 Å². The average molecular weight is 456 g/mol. The van der Waals surface area contributed by atoms with E-state index >= 15 is 4.39 Å². The Balaban J connectivity index is 1.49. The van der Waals surface area contributed by atoms with Gasteiger partial charge in [0.25, 0.3) is 5.56 Å². The van der Waals surface area contributed by atoms with Crippen molar-refractivity contribution in [1.29, 1.82) is 0 Å². The number of H-pyrrole nitrogens is 1. The maximum atomic E-state index is 15.2. The van der Waals surface area contributed by atoms with E-state index in [0.29, 0.717) is 10.1 Å². The number of aliphatic hydroxyl groups excluding tert-OH is 1. The second kappa shape index (κ2) is 7.81. The van der Waals surface area contributed by atoms with Crippen molar-refractivity contribution in [3.63, 3.8) is 0 Å². The molecule has 0 saturated carbocycles. The molecule has 11 nitrogen and oxygen atoms in total. The Morgan fingerprint density at radius 2 is 2.23 bits per heavy atom. The molecule has 1 unspecified atom stereocenters. The van der Waals surface area contributed by atoms with E-state index in [-0.39, 0.29) is 18.6 Å². The Kier molecular flexibility index (Phi) is 5.44. The first-order valence-corrected chi connectivity index (χ1v) is 10.6. The van der Waals surface area contributed by atoms with Crippen LogP contribution in [0.5, 0.6) is 5.75 Å². The van der Waals surface area contributed by atoms with Crippen LogP contribution in [0.25, 0.3) is 0 Å². The van der Waals surface area contributed by atoms with Crippen LogP contribution < -0.4 is 15.8 Å². The molecule has 0 amide bonds. The zero-order valence-corrected chi connectivity index (χ0v) is 17.0. The fourth-order valence-electron chi connectivity index (χ4n) is 3.31. The van der Waals surface area contributed by atoms with Crippen molar-refractivity contribution in [2.24, 2.45) is 0 Å². The molecule has 3 heterocycles. The topological polar surface area (TPSA) is 146 Å². The number of carbonyl (C=O) groups excluding carboxylic acids is 1. The van der Waals surface area contributed by atoms with Crippen LogP contribution >= 0.6 is 7.82 Å². The number of benzene rings is 1. The largest absolute Gasteiger partial charge is 0.530 e. The number of phosphoric ester groups is 1. The number of nitrogens with zero attached hydrogens (tertiary/aromatic N) is 1. The number of aliphatic hydroxyl groups is 1. The number of aldehydes is 1. The third-order valence-electron chi connectivity index (χ3n) is 4.81. The number of fused-ring (bicyclic) bond motifs is 1. The van der Waals surface area contributed by atoms with Gasteiger partial charge in [-0.05, 0) is 13.0 Å². The molecular weight excluding hydrogens is 438 g/mol. The molecule has 1 fully saturated rings. The van der Waals surface area contributed by atoms with Gasteiger partial charge >= 0.3 is 13.5 Å². The normalized spacial score (nSPS) is 29.9. The zero-order valence-electron chi connectivity index (χ0n) is 16.1. The summed E-state index contributed by atoms with van der Waals surface area (Å²) in [5.41, 5.74) is -0.755. The van der Waals surface area contributed by atoms with E-state index in [1.165, 1.54) is 0 Å². The molecule has 0 radical (unpaired) electrons. The minimum absolute atomic E-state index is 0.0685. The smallest absolute Gasteiger partial charge is 0.404 e. The monoisotopic (exact) mass is 456 g/mol. The van der Waals surface area contributed by atoms with Crippen LogP contribution in [0.3, 0.4) is 0 Å². The Hall–Kier alpha value is -2.63. The van der Waals surface area contributed by atoms with Crippen molar-refractivity contribution in [2.45, 2.75) is 38.1 Å². The number of hydrogen-bond acceptors (Lipinski definition) is 9. The van der Waals surface area contributed by atoms with Crippen molar-refractivity contribution < 1.29 is 37.2 Å². The Morgan fingerprint density at radius 1 is 1.45 bits per heavy atom. The molecule has 2 aromatic rings. The third-order valence-corrected chi connectivity index (χ3v) is 6.13. The molecule has 0 aliphatic carbocycles. The van der Waals surface area contributed by atoms with E-state index in [1.54, 1.807) is 18.2 Å². The fraction of sp³-hybridized carbons (Fsp3) is 0.389. The number of phosphoric acid groups is 1.